The average molecular weight is 150 g/mol. The molecule has 1 heteroatoms. The summed E-state index contributed by atoms with van der Waals surface area (Å²) in [6.45, 7) is 2.28. The Kier molecular flexibility index (Phi) is 1.59. The lowest BCUT2D eigenvalue weighted by molar-refractivity contribution is -0.109. The second kappa shape index (κ2) is 2.47. The van der Waals surface area contributed by atoms with Gasteiger partial charge in [0.2, 0.25) is 0 Å². The van der Waals surface area contributed by atoms with E-state index in [9.17, 15) is 4.79 Å². The minimum Gasteiger partial charge on any atom is -0.303 e. The van der Waals surface area contributed by atoms with Crippen molar-refractivity contribution in [2.24, 2.45) is 23.7 Å². The second-order valence-corrected chi connectivity index (χ2v) is 3.87. The maximum absolute atomic E-state index is 10.4. The van der Waals surface area contributed by atoms with Gasteiger partial charge in [0.25, 0.3) is 0 Å². The highest BCUT2D eigenvalue weighted by molar-refractivity contribution is 5.50. The normalized spacial score (nSPS) is 46.6. The van der Waals surface area contributed by atoms with E-state index in [4.69, 9.17) is 0 Å². The van der Waals surface area contributed by atoms with E-state index in [2.05, 4.69) is 19.1 Å². The summed E-state index contributed by atoms with van der Waals surface area (Å²) >= 11 is 0. The Labute approximate surface area is 67.5 Å². The number of carbonyl (C=O) groups is 1. The van der Waals surface area contributed by atoms with Gasteiger partial charge in [0.15, 0.2) is 0 Å². The van der Waals surface area contributed by atoms with Crippen molar-refractivity contribution in [2.45, 2.75) is 19.8 Å². The molecule has 1 saturated carbocycles. The van der Waals surface area contributed by atoms with Crippen LogP contribution in [0.15, 0.2) is 12.2 Å². The smallest absolute Gasteiger partial charge is 0.120 e. The van der Waals surface area contributed by atoms with Crippen molar-refractivity contribution in [2.75, 3.05) is 0 Å². The van der Waals surface area contributed by atoms with E-state index < -0.39 is 0 Å². The predicted octanol–water partition coefficient (Wildman–Crippen LogP) is 2.03. The van der Waals surface area contributed by atoms with E-state index in [1.54, 1.807) is 0 Å². The molecule has 0 aliphatic heterocycles. The van der Waals surface area contributed by atoms with Crippen LogP contribution in [0.2, 0.25) is 0 Å². The van der Waals surface area contributed by atoms with Gasteiger partial charge in [-0.15, -0.1) is 0 Å². The summed E-state index contributed by atoms with van der Waals surface area (Å²) in [7, 11) is 0. The summed E-state index contributed by atoms with van der Waals surface area (Å²) in [5.41, 5.74) is 0. The van der Waals surface area contributed by atoms with E-state index >= 15 is 0 Å². The van der Waals surface area contributed by atoms with Gasteiger partial charge in [0, 0.05) is 6.42 Å². The van der Waals surface area contributed by atoms with Gasteiger partial charge in [-0.3, -0.25) is 0 Å². The van der Waals surface area contributed by atoms with E-state index in [1.165, 1.54) is 6.42 Å². The lowest BCUT2D eigenvalue weighted by atomic mass is 9.83. The summed E-state index contributed by atoms with van der Waals surface area (Å²) in [6, 6.07) is 0. The molecule has 0 aromatic rings. The fourth-order valence-electron chi connectivity index (χ4n) is 2.67. The third-order valence-corrected chi connectivity index (χ3v) is 3.42. The van der Waals surface area contributed by atoms with Crippen LogP contribution in [0.5, 0.6) is 0 Å². The van der Waals surface area contributed by atoms with Crippen molar-refractivity contribution in [3.05, 3.63) is 12.2 Å². The second-order valence-electron chi connectivity index (χ2n) is 3.87. The Hall–Kier alpha value is -0.590. The summed E-state index contributed by atoms with van der Waals surface area (Å²) in [5, 5.41) is 0. The first kappa shape index (κ1) is 7.08. The number of hydrogen-bond acceptors (Lipinski definition) is 1. The first-order valence-electron chi connectivity index (χ1n) is 4.45. The zero-order valence-electron chi connectivity index (χ0n) is 6.86. The summed E-state index contributed by atoms with van der Waals surface area (Å²) < 4.78 is 0. The molecule has 4 atom stereocenters. The van der Waals surface area contributed by atoms with Gasteiger partial charge in [-0.1, -0.05) is 19.1 Å². The largest absolute Gasteiger partial charge is 0.303 e. The fraction of sp³-hybridized carbons (Fsp3) is 0.700. The maximum Gasteiger partial charge on any atom is 0.120 e. The molecule has 0 aromatic heterocycles. The van der Waals surface area contributed by atoms with Crippen LogP contribution in [0.3, 0.4) is 0 Å². The van der Waals surface area contributed by atoms with Crippen LogP contribution in [-0.4, -0.2) is 6.29 Å². The van der Waals surface area contributed by atoms with Gasteiger partial charge in [-0.25, -0.2) is 0 Å². The Morgan fingerprint density at radius 3 is 2.73 bits per heavy atom. The first-order valence-corrected chi connectivity index (χ1v) is 4.45. The number of rotatable bonds is 2. The summed E-state index contributed by atoms with van der Waals surface area (Å²) in [4.78, 5) is 10.4. The molecule has 4 unspecified atom stereocenters. The molecule has 2 aliphatic carbocycles. The van der Waals surface area contributed by atoms with Crippen molar-refractivity contribution in [1.82, 2.24) is 0 Å². The molecule has 2 rings (SSSR count). The molecule has 11 heavy (non-hydrogen) atoms. The topological polar surface area (TPSA) is 17.1 Å². The monoisotopic (exact) mass is 150 g/mol. The Bertz CT molecular complexity index is 195. The molecular weight excluding hydrogens is 136 g/mol. The zero-order chi connectivity index (χ0) is 7.84. The molecule has 0 radical (unpaired) electrons. The lowest BCUT2D eigenvalue weighted by Gasteiger charge is -2.22. The summed E-state index contributed by atoms with van der Waals surface area (Å²) in [6.07, 6.45) is 7.79. The van der Waals surface area contributed by atoms with Crippen molar-refractivity contribution in [1.29, 1.82) is 0 Å². The van der Waals surface area contributed by atoms with E-state index in [1.807, 2.05) is 0 Å². The van der Waals surface area contributed by atoms with Gasteiger partial charge in [-0.2, -0.15) is 0 Å². The van der Waals surface area contributed by atoms with Crippen molar-refractivity contribution >= 4 is 6.29 Å². The van der Waals surface area contributed by atoms with Crippen molar-refractivity contribution < 1.29 is 4.79 Å². The fourth-order valence-corrected chi connectivity index (χ4v) is 2.67. The number of allylic oxidation sites excluding steroid dienone is 2. The Morgan fingerprint density at radius 1 is 1.45 bits per heavy atom. The van der Waals surface area contributed by atoms with E-state index in [-0.39, 0.29) is 0 Å². The molecule has 0 amide bonds. The highest BCUT2D eigenvalue weighted by Crippen LogP contribution is 2.48. The number of aldehydes is 1. The van der Waals surface area contributed by atoms with E-state index in [0.29, 0.717) is 5.92 Å². The molecule has 1 fully saturated rings. The Morgan fingerprint density at radius 2 is 2.18 bits per heavy atom. The Balaban J connectivity index is 2.11. The van der Waals surface area contributed by atoms with Crippen LogP contribution in [0.1, 0.15) is 19.8 Å². The lowest BCUT2D eigenvalue weighted by Crippen LogP contribution is -2.16. The quantitative estimate of drug-likeness (QED) is 0.435. The SMILES string of the molecule is CC1C2C=CC(C2)C1CC=O. The zero-order valence-corrected chi connectivity index (χ0v) is 6.86. The molecule has 0 heterocycles. The van der Waals surface area contributed by atoms with Gasteiger partial charge < -0.3 is 4.79 Å². The van der Waals surface area contributed by atoms with Crippen LogP contribution in [0.4, 0.5) is 0 Å². The standard InChI is InChI=1S/C10H14O/c1-7-8-2-3-9(6-8)10(7)4-5-11/h2-3,5,7-10H,4,6H2,1H3. The molecule has 0 N–H and O–H groups in total. The van der Waals surface area contributed by atoms with Crippen LogP contribution in [0.25, 0.3) is 0 Å². The molecule has 0 spiro atoms. The first-order chi connectivity index (χ1) is 5.33. The van der Waals surface area contributed by atoms with Gasteiger partial charge in [-0.05, 0) is 30.1 Å². The van der Waals surface area contributed by atoms with Gasteiger partial charge in [0.05, 0.1) is 0 Å². The van der Waals surface area contributed by atoms with Crippen molar-refractivity contribution in [3.8, 4) is 0 Å². The van der Waals surface area contributed by atoms with Crippen LogP contribution in [-0.2, 0) is 4.79 Å². The van der Waals surface area contributed by atoms with Gasteiger partial charge >= 0.3 is 0 Å². The summed E-state index contributed by atoms with van der Waals surface area (Å²) in [5.74, 6) is 2.91. The highest BCUT2D eigenvalue weighted by Gasteiger charge is 2.41. The van der Waals surface area contributed by atoms with Crippen molar-refractivity contribution in [3.63, 3.8) is 0 Å². The van der Waals surface area contributed by atoms with Gasteiger partial charge in [0.1, 0.15) is 6.29 Å². The predicted molar refractivity (Wildman–Crippen MR) is 44.1 cm³/mol. The molecule has 2 aliphatic rings. The molecular formula is C10H14O. The molecule has 60 valence electrons. The molecule has 1 nitrogen and oxygen atoms in total. The molecule has 0 saturated heterocycles. The minimum atomic E-state index is 0.655. The van der Waals surface area contributed by atoms with Crippen LogP contribution >= 0.6 is 0 Å². The number of carbonyl (C=O) groups excluding carboxylic acids is 1. The highest BCUT2D eigenvalue weighted by atomic mass is 16.1. The molecule has 2 bridgehead atoms. The minimum absolute atomic E-state index is 0.655. The van der Waals surface area contributed by atoms with Crippen LogP contribution < -0.4 is 0 Å². The van der Waals surface area contributed by atoms with E-state index in [0.717, 1.165) is 30.5 Å². The third kappa shape index (κ3) is 0.943. The number of hydrogen-bond donors (Lipinski definition) is 0. The average Bonchev–Trinajstić information content (AvgIpc) is 2.54. The molecule has 0 aromatic carbocycles. The maximum atomic E-state index is 10.4. The third-order valence-electron chi connectivity index (χ3n) is 3.42. The number of fused-ring (bicyclic) bond motifs is 2. The van der Waals surface area contributed by atoms with Crippen LogP contribution in [0, 0.1) is 23.7 Å².